The van der Waals surface area contributed by atoms with Gasteiger partial charge in [0.05, 0.1) is 12.2 Å². The van der Waals surface area contributed by atoms with Gasteiger partial charge < -0.3 is 5.32 Å². The quantitative estimate of drug-likeness (QED) is 0.847. The molecule has 0 saturated carbocycles. The van der Waals surface area contributed by atoms with Gasteiger partial charge in [-0.3, -0.25) is 4.99 Å². The number of nitrogens with zero attached hydrogens (tertiary/aromatic N) is 1. The summed E-state index contributed by atoms with van der Waals surface area (Å²) in [6.45, 7) is 3.10. The lowest BCUT2D eigenvalue weighted by Crippen LogP contribution is -2.06. The van der Waals surface area contributed by atoms with Crippen molar-refractivity contribution in [2.75, 3.05) is 11.9 Å². The van der Waals surface area contributed by atoms with E-state index in [0.29, 0.717) is 5.25 Å². The van der Waals surface area contributed by atoms with Gasteiger partial charge in [-0.05, 0) is 28.1 Å². The highest BCUT2D eigenvalue weighted by Gasteiger charge is 2.15. The third kappa shape index (κ3) is 2.30. The fourth-order valence-corrected chi connectivity index (χ4v) is 2.46. The Labute approximate surface area is 96.3 Å². The molecule has 0 spiro atoms. The molecule has 1 N–H and O–H groups in total. The number of thioether (sulfide) groups is 1. The van der Waals surface area contributed by atoms with E-state index in [0.717, 1.165) is 21.9 Å². The highest BCUT2D eigenvalue weighted by Crippen LogP contribution is 2.26. The molecule has 0 fully saturated rings. The zero-order valence-electron chi connectivity index (χ0n) is 7.83. The molecule has 2 rings (SSSR count). The van der Waals surface area contributed by atoms with E-state index in [1.54, 1.807) is 11.8 Å². The normalized spacial score (nSPS) is 20.7. The van der Waals surface area contributed by atoms with Gasteiger partial charge in [0.15, 0.2) is 5.17 Å². The van der Waals surface area contributed by atoms with Gasteiger partial charge in [-0.15, -0.1) is 0 Å². The zero-order chi connectivity index (χ0) is 9.97. The lowest BCUT2D eigenvalue weighted by atomic mass is 10.3. The van der Waals surface area contributed by atoms with Crippen LogP contribution in [0.5, 0.6) is 0 Å². The van der Waals surface area contributed by atoms with E-state index < -0.39 is 0 Å². The molecule has 1 aromatic rings. The number of para-hydroxylation sites is 1. The molecule has 0 radical (unpaired) electrons. The van der Waals surface area contributed by atoms with Gasteiger partial charge in [0.2, 0.25) is 0 Å². The topological polar surface area (TPSA) is 24.4 Å². The van der Waals surface area contributed by atoms with Gasteiger partial charge in [-0.25, -0.2) is 0 Å². The third-order valence-corrected chi connectivity index (χ3v) is 3.62. The Balaban J connectivity index is 2.08. The number of rotatable bonds is 1. The van der Waals surface area contributed by atoms with E-state index in [1.807, 2.05) is 24.3 Å². The highest BCUT2D eigenvalue weighted by molar-refractivity contribution is 9.10. The Morgan fingerprint density at radius 2 is 2.29 bits per heavy atom. The van der Waals surface area contributed by atoms with Crippen LogP contribution in [-0.4, -0.2) is 17.0 Å². The van der Waals surface area contributed by atoms with Crippen molar-refractivity contribution in [1.29, 1.82) is 0 Å². The first kappa shape index (κ1) is 10.1. The standard InChI is InChI=1S/C10H11BrN2S/c1-7-6-12-10(14-7)13-9-5-3-2-4-8(9)11/h2-5,7H,6H2,1H3,(H,12,13). The molecule has 1 atom stereocenters. The average molecular weight is 271 g/mol. The Kier molecular flexibility index (Phi) is 3.13. The molecule has 74 valence electrons. The average Bonchev–Trinajstić information content (AvgIpc) is 2.56. The summed E-state index contributed by atoms with van der Waals surface area (Å²) in [7, 11) is 0. The van der Waals surface area contributed by atoms with Gasteiger partial charge in [0.1, 0.15) is 0 Å². The summed E-state index contributed by atoms with van der Waals surface area (Å²) < 4.78 is 1.07. The molecule has 14 heavy (non-hydrogen) atoms. The Morgan fingerprint density at radius 1 is 1.50 bits per heavy atom. The molecule has 0 bridgehead atoms. The van der Waals surface area contributed by atoms with Crippen molar-refractivity contribution >= 4 is 38.5 Å². The second-order valence-corrected chi connectivity index (χ2v) is 5.46. The maximum Gasteiger partial charge on any atom is 0.161 e. The summed E-state index contributed by atoms with van der Waals surface area (Å²) in [5.74, 6) is 0. The first-order chi connectivity index (χ1) is 6.75. The molecule has 4 heteroatoms. The molecule has 0 saturated heterocycles. The van der Waals surface area contributed by atoms with Crippen LogP contribution in [0.15, 0.2) is 33.7 Å². The molecule has 2 nitrogen and oxygen atoms in total. The number of amidine groups is 1. The number of nitrogens with one attached hydrogen (secondary N) is 1. The van der Waals surface area contributed by atoms with Gasteiger partial charge >= 0.3 is 0 Å². The predicted molar refractivity (Wildman–Crippen MR) is 67.1 cm³/mol. The number of anilines is 1. The van der Waals surface area contributed by atoms with Crippen molar-refractivity contribution < 1.29 is 0 Å². The zero-order valence-corrected chi connectivity index (χ0v) is 10.2. The lowest BCUT2D eigenvalue weighted by molar-refractivity contribution is 0.976. The largest absolute Gasteiger partial charge is 0.334 e. The second-order valence-electron chi connectivity index (χ2n) is 3.18. The first-order valence-electron chi connectivity index (χ1n) is 4.48. The first-order valence-corrected chi connectivity index (χ1v) is 6.15. The number of benzene rings is 1. The number of hydrogen-bond acceptors (Lipinski definition) is 3. The minimum Gasteiger partial charge on any atom is -0.334 e. The maximum absolute atomic E-state index is 4.40. The maximum atomic E-state index is 4.40. The molecule has 1 aliphatic heterocycles. The van der Waals surface area contributed by atoms with Crippen molar-refractivity contribution in [3.8, 4) is 0 Å². The number of hydrogen-bond donors (Lipinski definition) is 1. The Bertz CT molecular complexity index is 365. The fourth-order valence-electron chi connectivity index (χ4n) is 1.22. The summed E-state index contributed by atoms with van der Waals surface area (Å²) >= 11 is 5.28. The Morgan fingerprint density at radius 3 is 2.93 bits per heavy atom. The van der Waals surface area contributed by atoms with Crippen LogP contribution in [0.4, 0.5) is 5.69 Å². The van der Waals surface area contributed by atoms with E-state index in [2.05, 4.69) is 33.2 Å². The monoisotopic (exact) mass is 270 g/mol. The minimum absolute atomic E-state index is 0.597. The highest BCUT2D eigenvalue weighted by atomic mass is 79.9. The van der Waals surface area contributed by atoms with Crippen molar-refractivity contribution in [2.24, 2.45) is 4.99 Å². The van der Waals surface area contributed by atoms with Crippen molar-refractivity contribution in [3.63, 3.8) is 0 Å². The summed E-state index contributed by atoms with van der Waals surface area (Å²) in [4.78, 5) is 4.40. The van der Waals surface area contributed by atoms with Crippen molar-refractivity contribution in [1.82, 2.24) is 0 Å². The molecule has 0 amide bonds. The Hall–Kier alpha value is -0.480. The predicted octanol–water partition coefficient (Wildman–Crippen LogP) is 3.35. The van der Waals surface area contributed by atoms with Gasteiger partial charge in [-0.1, -0.05) is 30.8 Å². The van der Waals surface area contributed by atoms with Crippen molar-refractivity contribution in [2.45, 2.75) is 12.2 Å². The van der Waals surface area contributed by atoms with Crippen LogP contribution in [-0.2, 0) is 0 Å². The van der Waals surface area contributed by atoms with Crippen LogP contribution in [0.2, 0.25) is 0 Å². The molecular weight excluding hydrogens is 260 g/mol. The third-order valence-electron chi connectivity index (χ3n) is 1.92. The van der Waals surface area contributed by atoms with E-state index in [-0.39, 0.29) is 0 Å². The van der Waals surface area contributed by atoms with Gasteiger partial charge in [-0.2, -0.15) is 0 Å². The number of aliphatic imine (C=N–C) groups is 1. The molecule has 1 aromatic carbocycles. The smallest absolute Gasteiger partial charge is 0.161 e. The lowest BCUT2D eigenvalue weighted by Gasteiger charge is -2.07. The van der Waals surface area contributed by atoms with Crippen LogP contribution in [0, 0.1) is 0 Å². The van der Waals surface area contributed by atoms with Gasteiger partial charge in [0.25, 0.3) is 0 Å². The van der Waals surface area contributed by atoms with E-state index in [9.17, 15) is 0 Å². The number of halogens is 1. The fraction of sp³-hybridized carbons (Fsp3) is 0.300. The second kappa shape index (κ2) is 4.36. The molecule has 0 aliphatic carbocycles. The van der Waals surface area contributed by atoms with E-state index >= 15 is 0 Å². The summed E-state index contributed by atoms with van der Waals surface area (Å²) in [5.41, 5.74) is 1.08. The van der Waals surface area contributed by atoms with Crippen molar-refractivity contribution in [3.05, 3.63) is 28.7 Å². The SMILES string of the molecule is CC1CN=C(Nc2ccccc2Br)S1. The van der Waals surface area contributed by atoms with Crippen LogP contribution < -0.4 is 5.32 Å². The van der Waals surface area contributed by atoms with E-state index in [4.69, 9.17) is 0 Å². The molecule has 1 aliphatic rings. The van der Waals surface area contributed by atoms with E-state index in [1.165, 1.54) is 0 Å². The molecule has 1 heterocycles. The van der Waals surface area contributed by atoms with Crippen LogP contribution in [0.1, 0.15) is 6.92 Å². The summed E-state index contributed by atoms with van der Waals surface area (Å²) in [6.07, 6.45) is 0. The van der Waals surface area contributed by atoms with Gasteiger partial charge in [0, 0.05) is 9.72 Å². The minimum atomic E-state index is 0.597. The molecule has 1 unspecified atom stereocenters. The van der Waals surface area contributed by atoms with Crippen LogP contribution in [0.25, 0.3) is 0 Å². The summed E-state index contributed by atoms with van der Waals surface area (Å²) in [5, 5.41) is 4.92. The molecule has 0 aromatic heterocycles. The van der Waals surface area contributed by atoms with Crippen LogP contribution >= 0.6 is 27.7 Å². The van der Waals surface area contributed by atoms with Crippen LogP contribution in [0.3, 0.4) is 0 Å². The summed E-state index contributed by atoms with van der Waals surface area (Å²) in [6, 6.07) is 8.07. The molecular formula is C10H11BrN2S.